The molecule has 0 aliphatic carbocycles. The Balaban J connectivity index is 1.90. The first-order chi connectivity index (χ1) is 12.3. The fraction of sp³-hybridized carbons (Fsp3) is 0.217. The lowest BCUT2D eigenvalue weighted by molar-refractivity contribution is 0.384. The van der Waals surface area contributed by atoms with Crippen molar-refractivity contribution in [3.63, 3.8) is 0 Å². The summed E-state index contributed by atoms with van der Waals surface area (Å²) in [6.07, 6.45) is 1.88. The first kappa shape index (κ1) is 17.1. The zero-order valence-corrected chi connectivity index (χ0v) is 14.8. The van der Waals surface area contributed by atoms with Crippen molar-refractivity contribution >= 4 is 0 Å². The third-order valence-corrected chi connectivity index (χ3v) is 4.62. The lowest BCUT2D eigenvalue weighted by atomic mass is 9.86. The summed E-state index contributed by atoms with van der Waals surface area (Å²) in [7, 11) is 3.42. The second kappa shape index (κ2) is 8.39. The molecule has 0 saturated carbocycles. The van der Waals surface area contributed by atoms with Crippen LogP contribution in [0.2, 0.25) is 0 Å². The van der Waals surface area contributed by atoms with Crippen molar-refractivity contribution < 1.29 is 9.47 Å². The van der Waals surface area contributed by atoms with Crippen LogP contribution in [0, 0.1) is 0 Å². The topological polar surface area (TPSA) is 18.5 Å². The molecule has 3 rings (SSSR count). The largest absolute Gasteiger partial charge is 0.496 e. The molecule has 0 bridgehead atoms. The minimum absolute atomic E-state index is 0.344. The fourth-order valence-corrected chi connectivity index (χ4v) is 3.36. The standard InChI is InChI=1S/C23H24O2/c1-24-22-14-9-15-23(25-2)21(22)17-16-20(18-10-5-3-6-11-18)19-12-7-4-8-13-19/h3-15,20H,16-17H2,1-2H3. The molecule has 0 N–H and O–H groups in total. The second-order valence-corrected chi connectivity index (χ2v) is 6.05. The predicted molar refractivity (Wildman–Crippen MR) is 103 cm³/mol. The van der Waals surface area contributed by atoms with Gasteiger partial charge in [-0.1, -0.05) is 66.7 Å². The summed E-state index contributed by atoms with van der Waals surface area (Å²) >= 11 is 0. The average molecular weight is 332 g/mol. The van der Waals surface area contributed by atoms with Gasteiger partial charge in [0.2, 0.25) is 0 Å². The summed E-state index contributed by atoms with van der Waals surface area (Å²) in [5.74, 6) is 2.12. The Hall–Kier alpha value is -2.74. The molecule has 25 heavy (non-hydrogen) atoms. The van der Waals surface area contributed by atoms with Crippen molar-refractivity contribution in [2.24, 2.45) is 0 Å². The van der Waals surface area contributed by atoms with Crippen LogP contribution in [0.4, 0.5) is 0 Å². The van der Waals surface area contributed by atoms with Crippen molar-refractivity contribution in [1.82, 2.24) is 0 Å². The zero-order chi connectivity index (χ0) is 17.5. The number of rotatable bonds is 7. The highest BCUT2D eigenvalue weighted by Crippen LogP contribution is 2.34. The normalized spacial score (nSPS) is 10.7. The number of methoxy groups -OCH3 is 2. The van der Waals surface area contributed by atoms with Crippen LogP contribution in [0.1, 0.15) is 29.0 Å². The first-order valence-corrected chi connectivity index (χ1v) is 8.63. The number of benzene rings is 3. The molecular weight excluding hydrogens is 308 g/mol. The molecule has 3 aromatic rings. The maximum absolute atomic E-state index is 5.55. The van der Waals surface area contributed by atoms with Crippen LogP contribution in [0.5, 0.6) is 11.5 Å². The van der Waals surface area contributed by atoms with Gasteiger partial charge in [-0.2, -0.15) is 0 Å². The summed E-state index contributed by atoms with van der Waals surface area (Å²) in [6.45, 7) is 0. The molecule has 0 saturated heterocycles. The lowest BCUT2D eigenvalue weighted by Crippen LogP contribution is -2.05. The summed E-state index contributed by atoms with van der Waals surface area (Å²) in [5.41, 5.74) is 3.80. The quantitative estimate of drug-likeness (QED) is 0.571. The molecule has 2 heteroatoms. The van der Waals surface area contributed by atoms with Crippen molar-refractivity contribution in [2.75, 3.05) is 14.2 Å². The Morgan fingerprint density at radius 2 is 1.12 bits per heavy atom. The van der Waals surface area contributed by atoms with Gasteiger partial charge < -0.3 is 9.47 Å². The van der Waals surface area contributed by atoms with Crippen LogP contribution in [-0.2, 0) is 6.42 Å². The molecular formula is C23H24O2. The van der Waals surface area contributed by atoms with E-state index in [0.29, 0.717) is 5.92 Å². The molecule has 0 fully saturated rings. The van der Waals surface area contributed by atoms with Crippen molar-refractivity contribution in [2.45, 2.75) is 18.8 Å². The van der Waals surface area contributed by atoms with Crippen LogP contribution in [-0.4, -0.2) is 14.2 Å². The first-order valence-electron chi connectivity index (χ1n) is 8.63. The lowest BCUT2D eigenvalue weighted by Gasteiger charge is -2.20. The molecule has 0 atom stereocenters. The van der Waals surface area contributed by atoms with Gasteiger partial charge in [-0.05, 0) is 36.1 Å². The van der Waals surface area contributed by atoms with E-state index < -0.39 is 0 Å². The van der Waals surface area contributed by atoms with Crippen LogP contribution in [0.3, 0.4) is 0 Å². The van der Waals surface area contributed by atoms with Gasteiger partial charge in [-0.3, -0.25) is 0 Å². The Morgan fingerprint density at radius 1 is 0.640 bits per heavy atom. The highest BCUT2D eigenvalue weighted by Gasteiger charge is 2.17. The Kier molecular flexibility index (Phi) is 5.73. The molecule has 128 valence electrons. The van der Waals surface area contributed by atoms with E-state index in [1.165, 1.54) is 11.1 Å². The number of hydrogen-bond acceptors (Lipinski definition) is 2. The third-order valence-electron chi connectivity index (χ3n) is 4.62. The van der Waals surface area contributed by atoms with E-state index in [2.05, 4.69) is 60.7 Å². The second-order valence-electron chi connectivity index (χ2n) is 6.05. The Bertz CT molecular complexity index is 720. The number of ether oxygens (including phenoxy) is 2. The SMILES string of the molecule is COc1cccc(OC)c1CCC(c1ccccc1)c1ccccc1. The van der Waals surface area contributed by atoms with E-state index in [1.54, 1.807) is 14.2 Å². The van der Waals surface area contributed by atoms with Crippen LogP contribution in [0.25, 0.3) is 0 Å². The van der Waals surface area contributed by atoms with E-state index in [4.69, 9.17) is 9.47 Å². The van der Waals surface area contributed by atoms with Gasteiger partial charge in [-0.15, -0.1) is 0 Å². The molecule has 0 amide bonds. The molecule has 3 aromatic carbocycles. The molecule has 2 nitrogen and oxygen atoms in total. The summed E-state index contributed by atoms with van der Waals surface area (Å²) < 4.78 is 11.1. The monoisotopic (exact) mass is 332 g/mol. The molecule has 0 unspecified atom stereocenters. The maximum atomic E-state index is 5.55. The third kappa shape index (κ3) is 4.03. The minimum Gasteiger partial charge on any atom is -0.496 e. The van der Waals surface area contributed by atoms with Gasteiger partial charge in [0.25, 0.3) is 0 Å². The van der Waals surface area contributed by atoms with E-state index in [9.17, 15) is 0 Å². The Labute approximate surface area is 150 Å². The maximum Gasteiger partial charge on any atom is 0.125 e. The highest BCUT2D eigenvalue weighted by atomic mass is 16.5. The van der Waals surface area contributed by atoms with Crippen LogP contribution in [0.15, 0.2) is 78.9 Å². The van der Waals surface area contributed by atoms with E-state index in [1.807, 2.05) is 18.2 Å². The molecule has 0 aliphatic rings. The number of hydrogen-bond donors (Lipinski definition) is 0. The van der Waals surface area contributed by atoms with E-state index in [-0.39, 0.29) is 0 Å². The summed E-state index contributed by atoms with van der Waals surface area (Å²) in [5, 5.41) is 0. The fourth-order valence-electron chi connectivity index (χ4n) is 3.36. The Morgan fingerprint density at radius 3 is 1.56 bits per heavy atom. The smallest absolute Gasteiger partial charge is 0.125 e. The van der Waals surface area contributed by atoms with Crippen molar-refractivity contribution in [3.05, 3.63) is 95.6 Å². The zero-order valence-electron chi connectivity index (χ0n) is 14.8. The van der Waals surface area contributed by atoms with Gasteiger partial charge in [0.15, 0.2) is 0 Å². The molecule has 0 heterocycles. The van der Waals surface area contributed by atoms with Gasteiger partial charge in [0.1, 0.15) is 11.5 Å². The minimum atomic E-state index is 0.344. The van der Waals surface area contributed by atoms with Gasteiger partial charge in [0.05, 0.1) is 14.2 Å². The van der Waals surface area contributed by atoms with Gasteiger partial charge in [0, 0.05) is 11.5 Å². The van der Waals surface area contributed by atoms with Crippen LogP contribution < -0.4 is 9.47 Å². The van der Waals surface area contributed by atoms with E-state index >= 15 is 0 Å². The summed E-state index contributed by atoms with van der Waals surface area (Å²) in [4.78, 5) is 0. The molecule has 0 aromatic heterocycles. The molecule has 0 spiro atoms. The van der Waals surface area contributed by atoms with Gasteiger partial charge in [-0.25, -0.2) is 0 Å². The molecule has 0 aliphatic heterocycles. The van der Waals surface area contributed by atoms with Crippen molar-refractivity contribution in [1.29, 1.82) is 0 Å². The predicted octanol–water partition coefficient (Wildman–Crippen LogP) is 5.47. The molecule has 0 radical (unpaired) electrons. The van der Waals surface area contributed by atoms with Gasteiger partial charge >= 0.3 is 0 Å². The highest BCUT2D eigenvalue weighted by molar-refractivity contribution is 5.45. The van der Waals surface area contributed by atoms with E-state index in [0.717, 1.165) is 29.9 Å². The summed E-state index contributed by atoms with van der Waals surface area (Å²) in [6, 6.07) is 27.3. The van der Waals surface area contributed by atoms with Crippen LogP contribution >= 0.6 is 0 Å². The average Bonchev–Trinajstić information content (AvgIpc) is 2.69. The van der Waals surface area contributed by atoms with Crippen molar-refractivity contribution in [3.8, 4) is 11.5 Å².